The number of hydrogen-bond donors (Lipinski definition) is 1. The Kier molecular flexibility index (Phi) is 3.44. The Balaban J connectivity index is 2.10. The summed E-state index contributed by atoms with van der Waals surface area (Å²) in [4.78, 5) is 14.1. The third kappa shape index (κ3) is 2.56. The molecule has 18 heavy (non-hydrogen) atoms. The molecule has 3 nitrogen and oxygen atoms in total. The van der Waals surface area contributed by atoms with Gasteiger partial charge in [0, 0.05) is 7.05 Å². The zero-order valence-corrected chi connectivity index (χ0v) is 11.6. The van der Waals surface area contributed by atoms with Gasteiger partial charge in [-0.15, -0.1) is 0 Å². The zero-order valence-electron chi connectivity index (χ0n) is 11.6. The van der Waals surface area contributed by atoms with Gasteiger partial charge in [0.25, 0.3) is 0 Å². The molecule has 1 aromatic carbocycles. The van der Waals surface area contributed by atoms with Crippen LogP contribution in [0.1, 0.15) is 26.3 Å². The van der Waals surface area contributed by atoms with Gasteiger partial charge in [-0.05, 0) is 17.4 Å². The number of rotatable bonds is 2. The van der Waals surface area contributed by atoms with E-state index in [0.717, 1.165) is 6.42 Å². The molecule has 2 atom stereocenters. The van der Waals surface area contributed by atoms with E-state index in [-0.39, 0.29) is 23.5 Å². The third-order valence-electron chi connectivity index (χ3n) is 3.50. The highest BCUT2D eigenvalue weighted by Crippen LogP contribution is 2.27. The van der Waals surface area contributed by atoms with Crippen LogP contribution < -0.4 is 5.32 Å². The van der Waals surface area contributed by atoms with E-state index in [4.69, 9.17) is 0 Å². The maximum Gasteiger partial charge on any atom is 0.241 e. The minimum Gasteiger partial charge on any atom is -0.328 e. The molecular weight excluding hydrogens is 224 g/mol. The van der Waals surface area contributed by atoms with E-state index < -0.39 is 0 Å². The fraction of sp³-hybridized carbons (Fsp3) is 0.533. The number of carbonyl (C=O) groups excluding carboxylic acids is 1. The lowest BCUT2D eigenvalue weighted by molar-refractivity contribution is -0.129. The molecule has 1 N–H and O–H groups in total. The van der Waals surface area contributed by atoms with E-state index in [1.165, 1.54) is 5.56 Å². The summed E-state index contributed by atoms with van der Waals surface area (Å²) in [6, 6.07) is 10.1. The highest BCUT2D eigenvalue weighted by molar-refractivity contribution is 5.84. The molecule has 0 radical (unpaired) electrons. The van der Waals surface area contributed by atoms with Gasteiger partial charge >= 0.3 is 0 Å². The maximum atomic E-state index is 12.2. The molecule has 0 bridgehead atoms. The van der Waals surface area contributed by atoms with Crippen LogP contribution in [-0.2, 0) is 11.2 Å². The normalized spacial score (nSPS) is 24.7. The fourth-order valence-electron chi connectivity index (χ4n) is 2.57. The lowest BCUT2D eigenvalue weighted by Crippen LogP contribution is -2.45. The van der Waals surface area contributed by atoms with Gasteiger partial charge in [-0.3, -0.25) is 10.1 Å². The lowest BCUT2D eigenvalue weighted by Gasteiger charge is -2.32. The minimum atomic E-state index is -0.0957. The first-order valence-corrected chi connectivity index (χ1v) is 6.46. The molecule has 1 aliphatic rings. The second-order valence-corrected chi connectivity index (χ2v) is 6.13. The quantitative estimate of drug-likeness (QED) is 0.866. The summed E-state index contributed by atoms with van der Waals surface area (Å²) in [6.45, 7) is 6.46. The number of amides is 1. The second kappa shape index (κ2) is 4.73. The van der Waals surface area contributed by atoms with Crippen molar-refractivity contribution in [1.29, 1.82) is 0 Å². The molecule has 0 aromatic heterocycles. The molecule has 0 spiro atoms. The first kappa shape index (κ1) is 13.1. The van der Waals surface area contributed by atoms with E-state index in [9.17, 15) is 4.79 Å². The number of benzene rings is 1. The first-order valence-electron chi connectivity index (χ1n) is 6.46. The van der Waals surface area contributed by atoms with Crippen molar-refractivity contribution < 1.29 is 4.79 Å². The average Bonchev–Trinajstić information content (AvgIpc) is 2.58. The number of carbonyl (C=O) groups is 1. The van der Waals surface area contributed by atoms with E-state index in [1.54, 1.807) is 0 Å². The Morgan fingerprint density at radius 1 is 1.22 bits per heavy atom. The van der Waals surface area contributed by atoms with Gasteiger partial charge in [0.15, 0.2) is 0 Å². The first-order chi connectivity index (χ1) is 8.39. The van der Waals surface area contributed by atoms with Crippen LogP contribution in [0.15, 0.2) is 30.3 Å². The largest absolute Gasteiger partial charge is 0.328 e. The number of likely N-dealkylation sites (N-methyl/N-ethyl adjacent to an activating group) is 1. The van der Waals surface area contributed by atoms with Crippen molar-refractivity contribution in [3.63, 3.8) is 0 Å². The Morgan fingerprint density at radius 3 is 2.33 bits per heavy atom. The molecule has 1 fully saturated rings. The lowest BCUT2D eigenvalue weighted by atomic mass is 9.92. The molecule has 1 heterocycles. The highest BCUT2D eigenvalue weighted by atomic mass is 16.2. The highest BCUT2D eigenvalue weighted by Gasteiger charge is 2.41. The van der Waals surface area contributed by atoms with Crippen LogP contribution in [0, 0.1) is 5.41 Å². The Labute approximate surface area is 109 Å². The smallest absolute Gasteiger partial charge is 0.241 e. The molecule has 2 rings (SSSR count). The summed E-state index contributed by atoms with van der Waals surface area (Å²) in [6.07, 6.45) is 0.870. The van der Waals surface area contributed by atoms with Crippen LogP contribution >= 0.6 is 0 Å². The zero-order chi connectivity index (χ0) is 13.3. The Bertz CT molecular complexity index is 422. The molecule has 3 heteroatoms. The van der Waals surface area contributed by atoms with Gasteiger partial charge in [-0.2, -0.15) is 0 Å². The SMILES string of the molecule is CN1C(=O)C(Cc2ccccc2)NC1C(C)(C)C. The molecule has 1 aromatic rings. The number of nitrogens with one attached hydrogen (secondary N) is 1. The molecule has 98 valence electrons. The van der Waals surface area contributed by atoms with E-state index in [0.29, 0.717) is 0 Å². The predicted octanol–water partition coefficient (Wildman–Crippen LogP) is 2.03. The van der Waals surface area contributed by atoms with Crippen LogP contribution in [0.4, 0.5) is 0 Å². The van der Waals surface area contributed by atoms with Crippen LogP contribution in [0.25, 0.3) is 0 Å². The van der Waals surface area contributed by atoms with Crippen molar-refractivity contribution in [2.24, 2.45) is 5.41 Å². The van der Waals surface area contributed by atoms with Crippen molar-refractivity contribution in [3.8, 4) is 0 Å². The van der Waals surface area contributed by atoms with Crippen LogP contribution in [0.5, 0.6) is 0 Å². The van der Waals surface area contributed by atoms with Crippen LogP contribution in [0.2, 0.25) is 0 Å². The molecule has 0 aliphatic carbocycles. The third-order valence-corrected chi connectivity index (χ3v) is 3.50. The van der Waals surface area contributed by atoms with Gasteiger partial charge in [-0.1, -0.05) is 51.1 Å². The van der Waals surface area contributed by atoms with Crippen molar-refractivity contribution in [2.75, 3.05) is 7.05 Å². The Morgan fingerprint density at radius 2 is 1.83 bits per heavy atom. The van der Waals surface area contributed by atoms with Crippen molar-refractivity contribution >= 4 is 5.91 Å². The van der Waals surface area contributed by atoms with Gasteiger partial charge in [0.05, 0.1) is 12.2 Å². The van der Waals surface area contributed by atoms with E-state index >= 15 is 0 Å². The standard InChI is InChI=1S/C15H22N2O/c1-15(2,3)14-16-12(13(18)17(14)4)10-11-8-6-5-7-9-11/h5-9,12,14,16H,10H2,1-4H3. The van der Waals surface area contributed by atoms with Gasteiger partial charge in [0.2, 0.25) is 5.91 Å². The molecule has 0 saturated carbocycles. The molecule has 2 unspecified atom stereocenters. The summed E-state index contributed by atoms with van der Waals surface area (Å²) in [5.74, 6) is 0.193. The van der Waals surface area contributed by atoms with Gasteiger partial charge in [0.1, 0.15) is 0 Å². The van der Waals surface area contributed by atoms with Crippen LogP contribution in [-0.4, -0.2) is 30.1 Å². The van der Waals surface area contributed by atoms with Crippen molar-refractivity contribution in [2.45, 2.75) is 39.4 Å². The number of hydrogen-bond acceptors (Lipinski definition) is 2. The number of nitrogens with zero attached hydrogens (tertiary/aromatic N) is 1. The minimum absolute atomic E-state index is 0.0514. The summed E-state index contributed by atoms with van der Waals surface area (Å²) in [5.41, 5.74) is 1.25. The maximum absolute atomic E-state index is 12.2. The van der Waals surface area contributed by atoms with Crippen molar-refractivity contribution in [3.05, 3.63) is 35.9 Å². The van der Waals surface area contributed by atoms with Crippen molar-refractivity contribution in [1.82, 2.24) is 10.2 Å². The summed E-state index contributed by atoms with van der Waals surface area (Å²) in [7, 11) is 1.89. The van der Waals surface area contributed by atoms with Gasteiger partial charge < -0.3 is 4.90 Å². The van der Waals surface area contributed by atoms with E-state index in [1.807, 2.05) is 30.1 Å². The summed E-state index contributed by atoms with van der Waals surface area (Å²) in [5, 5.41) is 3.46. The topological polar surface area (TPSA) is 32.3 Å². The van der Waals surface area contributed by atoms with Gasteiger partial charge in [-0.25, -0.2) is 0 Å². The van der Waals surface area contributed by atoms with Crippen LogP contribution in [0.3, 0.4) is 0 Å². The monoisotopic (exact) mass is 246 g/mol. The fourth-order valence-corrected chi connectivity index (χ4v) is 2.57. The predicted molar refractivity (Wildman–Crippen MR) is 73.1 cm³/mol. The molecule has 1 saturated heterocycles. The summed E-state index contributed by atoms with van der Waals surface area (Å²) < 4.78 is 0. The molecular formula is C15H22N2O. The van der Waals surface area contributed by atoms with E-state index in [2.05, 4.69) is 38.2 Å². The average molecular weight is 246 g/mol. The molecule has 1 amide bonds. The molecule has 1 aliphatic heterocycles. The summed E-state index contributed by atoms with van der Waals surface area (Å²) >= 11 is 0. The Hall–Kier alpha value is -1.35. The second-order valence-electron chi connectivity index (χ2n) is 6.13.